The molecule has 0 saturated heterocycles. The van der Waals surface area contributed by atoms with Crippen LogP contribution in [-0.2, 0) is 9.53 Å². The molecular weight excluding hydrogens is 271 g/mol. The Morgan fingerprint density at radius 1 is 1.71 bits per heavy atom. The molecule has 1 atom stereocenters. The van der Waals surface area contributed by atoms with Gasteiger partial charge in [-0.15, -0.1) is 12.4 Å². The van der Waals surface area contributed by atoms with Gasteiger partial charge in [0.1, 0.15) is 6.04 Å². The van der Waals surface area contributed by atoms with Crippen LogP contribution in [0.5, 0.6) is 0 Å². The number of nitrogens with two attached hydrogens (primary N) is 1. The average Bonchev–Trinajstić information content (AvgIpc) is 2.15. The van der Waals surface area contributed by atoms with E-state index in [4.69, 9.17) is 5.73 Å². The van der Waals surface area contributed by atoms with Crippen molar-refractivity contribution in [2.24, 2.45) is 5.73 Å². The van der Waals surface area contributed by atoms with Crippen molar-refractivity contribution in [2.45, 2.75) is 6.04 Å². The third-order valence-corrected chi connectivity index (χ3v) is 2.01. The van der Waals surface area contributed by atoms with Crippen LogP contribution in [0, 0.1) is 0 Å². The third kappa shape index (κ3) is 3.25. The van der Waals surface area contributed by atoms with Crippen molar-refractivity contribution in [1.29, 1.82) is 0 Å². The van der Waals surface area contributed by atoms with Crippen molar-refractivity contribution in [3.05, 3.63) is 28.5 Å². The van der Waals surface area contributed by atoms with E-state index in [1.165, 1.54) is 7.11 Å². The topological polar surface area (TPSA) is 65.2 Å². The lowest BCUT2D eigenvalue weighted by Gasteiger charge is -2.07. The summed E-state index contributed by atoms with van der Waals surface area (Å²) in [6, 6.07) is 2.62. The highest BCUT2D eigenvalue weighted by Crippen LogP contribution is 2.14. The maximum absolute atomic E-state index is 11.0. The Morgan fingerprint density at radius 2 is 2.36 bits per heavy atom. The number of aromatic nitrogens is 1. The van der Waals surface area contributed by atoms with E-state index < -0.39 is 12.0 Å². The van der Waals surface area contributed by atoms with Gasteiger partial charge in [-0.1, -0.05) is 15.9 Å². The Kier molecular flexibility index (Phi) is 5.68. The van der Waals surface area contributed by atoms with E-state index in [1.807, 2.05) is 0 Å². The van der Waals surface area contributed by atoms with Crippen LogP contribution >= 0.6 is 28.3 Å². The first-order chi connectivity index (χ1) is 6.15. The number of carbonyl (C=O) groups is 1. The van der Waals surface area contributed by atoms with Gasteiger partial charge in [-0.2, -0.15) is 0 Å². The summed E-state index contributed by atoms with van der Waals surface area (Å²) in [5, 5.41) is 0. The molecule has 78 valence electrons. The van der Waals surface area contributed by atoms with Crippen molar-refractivity contribution in [1.82, 2.24) is 4.98 Å². The van der Waals surface area contributed by atoms with Crippen molar-refractivity contribution in [3.63, 3.8) is 0 Å². The van der Waals surface area contributed by atoms with E-state index in [-0.39, 0.29) is 12.4 Å². The van der Waals surface area contributed by atoms with Crippen molar-refractivity contribution in [2.75, 3.05) is 7.11 Å². The molecule has 0 aliphatic heterocycles. The van der Waals surface area contributed by atoms with Crippen LogP contribution < -0.4 is 5.73 Å². The van der Waals surface area contributed by atoms with E-state index in [1.54, 1.807) is 18.3 Å². The minimum absolute atomic E-state index is 0. The van der Waals surface area contributed by atoms with Crippen molar-refractivity contribution in [3.8, 4) is 0 Å². The van der Waals surface area contributed by atoms with Gasteiger partial charge in [0.05, 0.1) is 12.8 Å². The highest BCUT2D eigenvalue weighted by molar-refractivity contribution is 9.10. The maximum Gasteiger partial charge on any atom is 0.328 e. The Hall–Kier alpha value is -0.650. The van der Waals surface area contributed by atoms with Crippen LogP contribution in [0.25, 0.3) is 0 Å². The number of methoxy groups -OCH3 is 1. The standard InChI is InChI=1S/C8H9BrN2O2.ClH/c1-13-8(12)7(10)6-4-5(9)2-3-11-6;/h2-4,7H,10H2,1H3;1H. The smallest absolute Gasteiger partial charge is 0.328 e. The molecular formula is C8H10BrClN2O2. The number of hydrogen-bond donors (Lipinski definition) is 1. The summed E-state index contributed by atoms with van der Waals surface area (Å²) in [5.41, 5.74) is 6.05. The van der Waals surface area contributed by atoms with Gasteiger partial charge in [-0.25, -0.2) is 4.79 Å². The summed E-state index contributed by atoms with van der Waals surface area (Å²) in [6.45, 7) is 0. The summed E-state index contributed by atoms with van der Waals surface area (Å²) in [5.74, 6) is -0.495. The Bertz CT molecular complexity index is 322. The summed E-state index contributed by atoms with van der Waals surface area (Å²) in [4.78, 5) is 15.0. The van der Waals surface area contributed by atoms with Gasteiger partial charge in [-0.05, 0) is 12.1 Å². The number of nitrogens with zero attached hydrogens (tertiary/aromatic N) is 1. The molecule has 1 rings (SSSR count). The first kappa shape index (κ1) is 13.4. The van der Waals surface area contributed by atoms with E-state index >= 15 is 0 Å². The van der Waals surface area contributed by atoms with Crippen molar-refractivity contribution >= 4 is 34.3 Å². The second-order valence-electron chi connectivity index (χ2n) is 2.40. The molecule has 1 aromatic heterocycles. The second-order valence-corrected chi connectivity index (χ2v) is 3.32. The number of hydrogen-bond acceptors (Lipinski definition) is 4. The van der Waals surface area contributed by atoms with E-state index in [0.717, 1.165) is 4.47 Å². The predicted octanol–water partition coefficient (Wildman–Crippen LogP) is 1.44. The maximum atomic E-state index is 11.0. The largest absolute Gasteiger partial charge is 0.468 e. The molecule has 0 amide bonds. The number of pyridine rings is 1. The van der Waals surface area contributed by atoms with Gasteiger partial charge in [0.15, 0.2) is 0 Å². The number of esters is 1. The normalized spacial score (nSPS) is 11.4. The molecule has 1 unspecified atom stereocenters. The van der Waals surface area contributed by atoms with Crippen LogP contribution in [0.15, 0.2) is 22.8 Å². The zero-order valence-corrected chi connectivity index (χ0v) is 9.84. The lowest BCUT2D eigenvalue weighted by atomic mass is 10.2. The van der Waals surface area contributed by atoms with Gasteiger partial charge in [0, 0.05) is 10.7 Å². The molecule has 0 fully saturated rings. The van der Waals surface area contributed by atoms with E-state index in [9.17, 15) is 4.79 Å². The summed E-state index contributed by atoms with van der Waals surface area (Å²) < 4.78 is 5.32. The molecule has 1 aromatic rings. The van der Waals surface area contributed by atoms with Gasteiger partial charge >= 0.3 is 5.97 Å². The van der Waals surface area contributed by atoms with E-state index in [2.05, 4.69) is 25.7 Å². The molecule has 0 aromatic carbocycles. The van der Waals surface area contributed by atoms with Gasteiger partial charge in [0.25, 0.3) is 0 Å². The van der Waals surface area contributed by atoms with Crippen molar-refractivity contribution < 1.29 is 9.53 Å². The van der Waals surface area contributed by atoms with Crippen LogP contribution in [0.3, 0.4) is 0 Å². The van der Waals surface area contributed by atoms with Crippen LogP contribution in [0.1, 0.15) is 11.7 Å². The van der Waals surface area contributed by atoms with Gasteiger partial charge in [-0.3, -0.25) is 4.98 Å². The number of ether oxygens (including phenoxy) is 1. The molecule has 14 heavy (non-hydrogen) atoms. The number of halogens is 2. The van der Waals surface area contributed by atoms with Crippen LogP contribution in [-0.4, -0.2) is 18.1 Å². The molecule has 4 nitrogen and oxygen atoms in total. The minimum Gasteiger partial charge on any atom is -0.468 e. The molecule has 0 spiro atoms. The van der Waals surface area contributed by atoms with Crippen LogP contribution in [0.2, 0.25) is 0 Å². The first-order valence-electron chi connectivity index (χ1n) is 3.60. The molecule has 2 N–H and O–H groups in total. The number of carbonyl (C=O) groups excluding carboxylic acids is 1. The fraction of sp³-hybridized carbons (Fsp3) is 0.250. The molecule has 1 heterocycles. The Morgan fingerprint density at radius 3 is 2.86 bits per heavy atom. The predicted molar refractivity (Wildman–Crippen MR) is 58.1 cm³/mol. The average molecular weight is 282 g/mol. The van der Waals surface area contributed by atoms with Gasteiger partial charge in [0.2, 0.25) is 0 Å². The fourth-order valence-corrected chi connectivity index (χ4v) is 1.19. The molecule has 0 radical (unpaired) electrons. The molecule has 0 saturated carbocycles. The zero-order chi connectivity index (χ0) is 9.84. The highest BCUT2D eigenvalue weighted by Gasteiger charge is 2.17. The molecule has 0 aliphatic carbocycles. The minimum atomic E-state index is -0.817. The first-order valence-corrected chi connectivity index (χ1v) is 4.39. The number of rotatable bonds is 2. The van der Waals surface area contributed by atoms with Gasteiger partial charge < -0.3 is 10.5 Å². The molecule has 0 aliphatic rings. The second kappa shape index (κ2) is 5.95. The lowest BCUT2D eigenvalue weighted by molar-refractivity contribution is -0.142. The fourth-order valence-electron chi connectivity index (χ4n) is 0.839. The summed E-state index contributed by atoms with van der Waals surface area (Å²) in [6.07, 6.45) is 1.57. The molecule has 0 bridgehead atoms. The SMILES string of the molecule is COC(=O)C(N)c1cc(Br)ccn1.Cl. The zero-order valence-electron chi connectivity index (χ0n) is 7.44. The Balaban J connectivity index is 0.00000169. The summed E-state index contributed by atoms with van der Waals surface area (Å²) in [7, 11) is 1.29. The molecule has 6 heteroatoms. The Labute approximate surface area is 96.4 Å². The lowest BCUT2D eigenvalue weighted by Crippen LogP contribution is -2.23. The third-order valence-electron chi connectivity index (χ3n) is 1.52. The monoisotopic (exact) mass is 280 g/mol. The highest BCUT2D eigenvalue weighted by atomic mass is 79.9. The quantitative estimate of drug-likeness (QED) is 0.833. The summed E-state index contributed by atoms with van der Waals surface area (Å²) >= 11 is 3.25. The van der Waals surface area contributed by atoms with Crippen LogP contribution in [0.4, 0.5) is 0 Å². The van der Waals surface area contributed by atoms with E-state index in [0.29, 0.717) is 5.69 Å².